The number of nitrogens with one attached hydrogen (secondary N) is 1. The number of benzene rings is 2. The van der Waals surface area contributed by atoms with E-state index in [1.54, 1.807) is 11.8 Å². The van der Waals surface area contributed by atoms with Gasteiger partial charge in [0, 0.05) is 17.7 Å². The highest BCUT2D eigenvalue weighted by Crippen LogP contribution is 2.27. The summed E-state index contributed by atoms with van der Waals surface area (Å²) >= 11 is 0. The van der Waals surface area contributed by atoms with Gasteiger partial charge in [-0.2, -0.15) is 4.98 Å². The summed E-state index contributed by atoms with van der Waals surface area (Å²) in [6.07, 6.45) is 1.30. The summed E-state index contributed by atoms with van der Waals surface area (Å²) in [6.45, 7) is 4.39. The molecule has 0 bridgehead atoms. The van der Waals surface area contributed by atoms with E-state index in [1.165, 1.54) is 0 Å². The molecular weight excluding hydrogens is 356 g/mol. The molecule has 3 rings (SSSR count). The van der Waals surface area contributed by atoms with Gasteiger partial charge in [-0.3, -0.25) is 4.79 Å². The maximum absolute atomic E-state index is 11.6. The minimum Gasteiger partial charge on any atom is -0.497 e. The van der Waals surface area contributed by atoms with Gasteiger partial charge in [0.2, 0.25) is 5.91 Å². The van der Waals surface area contributed by atoms with Crippen molar-refractivity contribution in [3.05, 3.63) is 48.5 Å². The predicted octanol–water partition coefficient (Wildman–Crippen LogP) is 4.08. The molecule has 0 atom stereocenters. The Kier molecular flexibility index (Phi) is 6.26. The fraction of sp³-hybridized carbons (Fsp3) is 0.286. The summed E-state index contributed by atoms with van der Waals surface area (Å²) in [4.78, 5) is 16.1. The number of anilines is 1. The fourth-order valence-corrected chi connectivity index (χ4v) is 2.61. The van der Waals surface area contributed by atoms with E-state index >= 15 is 0 Å². The summed E-state index contributed by atoms with van der Waals surface area (Å²) in [5.74, 6) is 1.36. The van der Waals surface area contributed by atoms with Gasteiger partial charge >= 0.3 is 6.01 Å². The Hall–Kier alpha value is -3.35. The maximum Gasteiger partial charge on any atom is 0.336 e. The minimum atomic E-state index is -0.0270. The van der Waals surface area contributed by atoms with Gasteiger partial charge in [0.05, 0.1) is 19.4 Å². The van der Waals surface area contributed by atoms with Crippen LogP contribution in [0.2, 0.25) is 0 Å². The van der Waals surface area contributed by atoms with Crippen molar-refractivity contribution in [2.45, 2.75) is 26.7 Å². The lowest BCUT2D eigenvalue weighted by molar-refractivity contribution is -0.115. The fourth-order valence-electron chi connectivity index (χ4n) is 2.61. The van der Waals surface area contributed by atoms with E-state index in [-0.39, 0.29) is 5.91 Å². The Labute approximate surface area is 164 Å². The van der Waals surface area contributed by atoms with Crippen molar-refractivity contribution in [3.63, 3.8) is 0 Å². The Balaban J connectivity index is 1.98. The van der Waals surface area contributed by atoms with E-state index in [0.29, 0.717) is 24.9 Å². The molecule has 146 valence electrons. The Morgan fingerprint density at radius 2 is 1.93 bits per heavy atom. The number of carbonyl (C=O) groups is 1. The van der Waals surface area contributed by atoms with Crippen LogP contribution in [0.5, 0.6) is 11.8 Å². The molecule has 0 spiro atoms. The molecule has 0 aliphatic rings. The average Bonchev–Trinajstić information content (AvgIpc) is 3.17. The third-order valence-corrected chi connectivity index (χ3v) is 4.07. The van der Waals surface area contributed by atoms with Crippen LogP contribution in [0.1, 0.15) is 26.7 Å². The number of amides is 1. The Bertz CT molecular complexity index is 935. The minimum absolute atomic E-state index is 0.0270. The molecule has 0 aliphatic heterocycles. The summed E-state index contributed by atoms with van der Waals surface area (Å²) in [7, 11) is 1.63. The molecule has 0 fully saturated rings. The molecule has 0 saturated carbocycles. The zero-order chi connectivity index (χ0) is 19.9. The van der Waals surface area contributed by atoms with Crippen molar-refractivity contribution in [2.75, 3.05) is 19.0 Å². The first-order valence-electron chi connectivity index (χ1n) is 9.29. The topological polar surface area (TPSA) is 78.3 Å². The molecule has 3 aromatic rings. The van der Waals surface area contributed by atoms with E-state index in [2.05, 4.69) is 15.4 Å². The van der Waals surface area contributed by atoms with Crippen LogP contribution in [-0.2, 0) is 4.79 Å². The molecule has 0 radical (unpaired) electrons. The first-order valence-corrected chi connectivity index (χ1v) is 9.29. The van der Waals surface area contributed by atoms with Crippen molar-refractivity contribution in [1.29, 1.82) is 0 Å². The van der Waals surface area contributed by atoms with E-state index in [1.807, 2.05) is 62.4 Å². The SMILES string of the molecule is CCCOc1nc(-c2cccc(OC)c2)n(-c2ccc(NC(=O)CC)cc2)n1. The molecule has 28 heavy (non-hydrogen) atoms. The van der Waals surface area contributed by atoms with Gasteiger partial charge in [-0.15, -0.1) is 5.10 Å². The number of aromatic nitrogens is 3. The molecule has 1 heterocycles. The number of ether oxygens (including phenoxy) is 2. The summed E-state index contributed by atoms with van der Waals surface area (Å²) in [5, 5.41) is 7.35. The van der Waals surface area contributed by atoms with Gasteiger partial charge in [0.1, 0.15) is 5.75 Å². The number of hydrogen-bond donors (Lipinski definition) is 1. The van der Waals surface area contributed by atoms with E-state index in [9.17, 15) is 4.79 Å². The molecular formula is C21H24N4O3. The summed E-state index contributed by atoms with van der Waals surface area (Å²) in [5.41, 5.74) is 2.41. The number of hydrogen-bond acceptors (Lipinski definition) is 5. The zero-order valence-electron chi connectivity index (χ0n) is 16.3. The van der Waals surface area contributed by atoms with Crippen molar-refractivity contribution in [1.82, 2.24) is 14.8 Å². The smallest absolute Gasteiger partial charge is 0.336 e. The maximum atomic E-state index is 11.6. The van der Waals surface area contributed by atoms with E-state index in [4.69, 9.17) is 9.47 Å². The van der Waals surface area contributed by atoms with Crippen molar-refractivity contribution < 1.29 is 14.3 Å². The summed E-state index contributed by atoms with van der Waals surface area (Å²) in [6, 6.07) is 15.4. The molecule has 1 aromatic heterocycles. The Morgan fingerprint density at radius 1 is 1.14 bits per heavy atom. The zero-order valence-corrected chi connectivity index (χ0v) is 16.3. The molecule has 7 nitrogen and oxygen atoms in total. The standard InChI is InChI=1S/C21H24N4O3/c1-4-13-28-21-23-20(15-7-6-8-18(14-15)27-3)25(24-21)17-11-9-16(10-12-17)22-19(26)5-2/h6-12,14H,4-5,13H2,1-3H3,(H,22,26). The number of nitrogens with zero attached hydrogens (tertiary/aromatic N) is 3. The van der Waals surface area contributed by atoms with Crippen LogP contribution in [0.25, 0.3) is 17.1 Å². The highest BCUT2D eigenvalue weighted by Gasteiger charge is 2.15. The van der Waals surface area contributed by atoms with Gasteiger partial charge < -0.3 is 14.8 Å². The lowest BCUT2D eigenvalue weighted by atomic mass is 10.2. The quantitative estimate of drug-likeness (QED) is 0.637. The largest absolute Gasteiger partial charge is 0.497 e. The van der Waals surface area contributed by atoms with Crippen LogP contribution >= 0.6 is 0 Å². The predicted molar refractivity (Wildman–Crippen MR) is 108 cm³/mol. The van der Waals surface area contributed by atoms with Crippen LogP contribution in [0.4, 0.5) is 5.69 Å². The van der Waals surface area contributed by atoms with Crippen LogP contribution in [0.15, 0.2) is 48.5 Å². The second-order valence-corrected chi connectivity index (χ2v) is 6.16. The highest BCUT2D eigenvalue weighted by atomic mass is 16.5. The molecule has 2 aromatic carbocycles. The number of methoxy groups -OCH3 is 1. The highest BCUT2D eigenvalue weighted by molar-refractivity contribution is 5.90. The lowest BCUT2D eigenvalue weighted by Crippen LogP contribution is -2.09. The van der Waals surface area contributed by atoms with Gasteiger partial charge in [-0.25, -0.2) is 4.68 Å². The van der Waals surface area contributed by atoms with Crippen LogP contribution in [0.3, 0.4) is 0 Å². The third kappa shape index (κ3) is 4.49. The normalized spacial score (nSPS) is 10.5. The molecule has 0 aliphatic carbocycles. The van der Waals surface area contributed by atoms with Crippen LogP contribution < -0.4 is 14.8 Å². The van der Waals surface area contributed by atoms with Crippen molar-refractivity contribution in [3.8, 4) is 28.8 Å². The third-order valence-electron chi connectivity index (χ3n) is 4.07. The van der Waals surface area contributed by atoms with Crippen molar-refractivity contribution >= 4 is 11.6 Å². The molecule has 0 saturated heterocycles. The monoisotopic (exact) mass is 380 g/mol. The van der Waals surface area contributed by atoms with Gasteiger partial charge in [-0.1, -0.05) is 26.0 Å². The number of rotatable bonds is 8. The van der Waals surface area contributed by atoms with E-state index < -0.39 is 0 Å². The second kappa shape index (κ2) is 9.03. The first-order chi connectivity index (χ1) is 13.6. The second-order valence-electron chi connectivity index (χ2n) is 6.16. The van der Waals surface area contributed by atoms with Gasteiger partial charge in [0.15, 0.2) is 5.82 Å². The van der Waals surface area contributed by atoms with Crippen LogP contribution in [-0.4, -0.2) is 34.4 Å². The molecule has 1 N–H and O–H groups in total. The first kappa shape index (κ1) is 19.4. The van der Waals surface area contributed by atoms with Gasteiger partial charge in [-0.05, 0) is 42.8 Å². The summed E-state index contributed by atoms with van der Waals surface area (Å²) < 4.78 is 12.7. The molecule has 0 unspecified atom stereocenters. The van der Waals surface area contributed by atoms with Crippen LogP contribution in [0, 0.1) is 0 Å². The average molecular weight is 380 g/mol. The van der Waals surface area contributed by atoms with Crippen molar-refractivity contribution in [2.24, 2.45) is 0 Å². The Morgan fingerprint density at radius 3 is 2.61 bits per heavy atom. The van der Waals surface area contributed by atoms with E-state index in [0.717, 1.165) is 29.1 Å². The molecule has 7 heteroatoms. The lowest BCUT2D eigenvalue weighted by Gasteiger charge is -2.08. The van der Waals surface area contributed by atoms with Gasteiger partial charge in [0.25, 0.3) is 0 Å². The number of carbonyl (C=O) groups excluding carboxylic acids is 1. The molecule has 1 amide bonds.